The Balaban J connectivity index is 0.00000144. The Morgan fingerprint density at radius 3 is 2.62 bits per heavy atom. The van der Waals surface area contributed by atoms with Gasteiger partial charge >= 0.3 is 5.97 Å². The highest BCUT2D eigenvalue weighted by Crippen LogP contribution is 2.12. The number of rotatable bonds is 2. The van der Waals surface area contributed by atoms with E-state index in [-0.39, 0.29) is 12.4 Å². The van der Waals surface area contributed by atoms with E-state index in [0.717, 1.165) is 11.1 Å². The summed E-state index contributed by atoms with van der Waals surface area (Å²) < 4.78 is 0. The number of nitrogens with two attached hydrogens (primary N) is 1. The molecule has 0 amide bonds. The van der Waals surface area contributed by atoms with Crippen molar-refractivity contribution < 1.29 is 9.90 Å². The molecule has 0 fully saturated rings. The van der Waals surface area contributed by atoms with Crippen molar-refractivity contribution in [2.45, 2.75) is 13.5 Å². The van der Waals surface area contributed by atoms with E-state index in [9.17, 15) is 4.79 Å². The van der Waals surface area contributed by atoms with Gasteiger partial charge in [-0.15, -0.1) is 12.4 Å². The van der Waals surface area contributed by atoms with Crippen LogP contribution in [-0.2, 0) is 6.54 Å². The Morgan fingerprint density at radius 1 is 1.54 bits per heavy atom. The van der Waals surface area contributed by atoms with E-state index >= 15 is 0 Å². The maximum atomic E-state index is 10.6. The van der Waals surface area contributed by atoms with E-state index in [1.807, 2.05) is 6.07 Å². The third kappa shape index (κ3) is 2.44. The summed E-state index contributed by atoms with van der Waals surface area (Å²) in [5.74, 6) is -0.900. The van der Waals surface area contributed by atoms with Crippen LogP contribution in [0.15, 0.2) is 18.2 Å². The fourth-order valence-corrected chi connectivity index (χ4v) is 1.14. The van der Waals surface area contributed by atoms with E-state index in [4.69, 9.17) is 10.8 Å². The van der Waals surface area contributed by atoms with Gasteiger partial charge in [0.2, 0.25) is 0 Å². The monoisotopic (exact) mass is 201 g/mol. The molecule has 0 radical (unpaired) electrons. The Morgan fingerprint density at radius 2 is 2.15 bits per heavy atom. The minimum absolute atomic E-state index is 0. The van der Waals surface area contributed by atoms with Gasteiger partial charge in [0.25, 0.3) is 0 Å². The van der Waals surface area contributed by atoms with Gasteiger partial charge in [-0.2, -0.15) is 0 Å². The molecule has 1 aromatic rings. The van der Waals surface area contributed by atoms with Gasteiger partial charge in [0, 0.05) is 6.54 Å². The molecular weight excluding hydrogens is 190 g/mol. The molecule has 0 heterocycles. The summed E-state index contributed by atoms with van der Waals surface area (Å²) in [5, 5.41) is 8.74. The standard InChI is InChI=1S/C9H11NO2.ClH/c1-6-7(5-10)3-2-4-8(6)9(11)12;/h2-4H,5,10H2,1H3,(H,11,12);1H. The van der Waals surface area contributed by atoms with Gasteiger partial charge < -0.3 is 10.8 Å². The van der Waals surface area contributed by atoms with Crippen molar-refractivity contribution in [2.24, 2.45) is 5.73 Å². The van der Waals surface area contributed by atoms with Crippen LogP contribution in [0.1, 0.15) is 21.5 Å². The van der Waals surface area contributed by atoms with Crippen molar-refractivity contribution in [3.05, 3.63) is 34.9 Å². The molecule has 72 valence electrons. The summed E-state index contributed by atoms with van der Waals surface area (Å²) in [6.45, 7) is 2.15. The van der Waals surface area contributed by atoms with Gasteiger partial charge in [-0.3, -0.25) is 0 Å². The molecule has 0 spiro atoms. The summed E-state index contributed by atoms with van der Waals surface area (Å²) in [5.41, 5.74) is 7.40. The number of carbonyl (C=O) groups is 1. The van der Waals surface area contributed by atoms with Gasteiger partial charge in [0.15, 0.2) is 0 Å². The van der Waals surface area contributed by atoms with Crippen LogP contribution >= 0.6 is 12.4 Å². The summed E-state index contributed by atoms with van der Waals surface area (Å²) in [6.07, 6.45) is 0. The van der Waals surface area contributed by atoms with Crippen LogP contribution in [0.5, 0.6) is 0 Å². The van der Waals surface area contributed by atoms with Gasteiger partial charge in [-0.05, 0) is 24.1 Å². The van der Waals surface area contributed by atoms with Crippen LogP contribution in [0.4, 0.5) is 0 Å². The first kappa shape index (κ1) is 11.9. The largest absolute Gasteiger partial charge is 0.478 e. The van der Waals surface area contributed by atoms with Crippen LogP contribution in [0, 0.1) is 6.92 Å². The first-order valence-corrected chi connectivity index (χ1v) is 3.68. The lowest BCUT2D eigenvalue weighted by molar-refractivity contribution is 0.0696. The highest BCUT2D eigenvalue weighted by atomic mass is 35.5. The number of carboxylic acid groups (broad SMARTS) is 1. The molecule has 3 nitrogen and oxygen atoms in total. The predicted octanol–water partition coefficient (Wildman–Crippen LogP) is 1.57. The number of benzene rings is 1. The van der Waals surface area contributed by atoms with Crippen LogP contribution in [0.25, 0.3) is 0 Å². The van der Waals surface area contributed by atoms with Crippen molar-refractivity contribution in [1.82, 2.24) is 0 Å². The summed E-state index contributed by atoms with van der Waals surface area (Å²) in [4.78, 5) is 10.6. The highest BCUT2D eigenvalue weighted by Gasteiger charge is 2.07. The zero-order chi connectivity index (χ0) is 9.14. The molecule has 0 saturated heterocycles. The van der Waals surface area contributed by atoms with Crippen molar-refractivity contribution >= 4 is 18.4 Å². The molecule has 0 unspecified atom stereocenters. The maximum Gasteiger partial charge on any atom is 0.335 e. The number of halogens is 1. The second-order valence-corrected chi connectivity index (χ2v) is 2.60. The Bertz CT molecular complexity index is 312. The molecule has 0 atom stereocenters. The molecule has 13 heavy (non-hydrogen) atoms. The first-order valence-electron chi connectivity index (χ1n) is 3.68. The van der Waals surface area contributed by atoms with Crippen LogP contribution in [0.3, 0.4) is 0 Å². The number of hydrogen-bond donors (Lipinski definition) is 2. The van der Waals surface area contributed by atoms with E-state index in [2.05, 4.69) is 0 Å². The Labute approximate surface area is 83.0 Å². The second kappa shape index (κ2) is 4.84. The summed E-state index contributed by atoms with van der Waals surface area (Å²) in [7, 11) is 0. The first-order chi connectivity index (χ1) is 5.66. The number of aromatic carboxylic acids is 1. The van der Waals surface area contributed by atoms with Crippen LogP contribution in [0.2, 0.25) is 0 Å². The normalized spacial score (nSPS) is 9.08. The van der Waals surface area contributed by atoms with E-state index in [1.165, 1.54) is 0 Å². The van der Waals surface area contributed by atoms with E-state index in [1.54, 1.807) is 19.1 Å². The third-order valence-corrected chi connectivity index (χ3v) is 1.90. The zero-order valence-corrected chi connectivity index (χ0v) is 8.10. The smallest absolute Gasteiger partial charge is 0.335 e. The lowest BCUT2D eigenvalue weighted by atomic mass is 10.0. The Kier molecular flexibility index (Phi) is 4.45. The third-order valence-electron chi connectivity index (χ3n) is 1.90. The number of hydrogen-bond acceptors (Lipinski definition) is 2. The molecule has 1 aromatic carbocycles. The lowest BCUT2D eigenvalue weighted by Gasteiger charge is -2.05. The average molecular weight is 202 g/mol. The van der Waals surface area contributed by atoms with Gasteiger partial charge in [0.05, 0.1) is 5.56 Å². The molecule has 0 bridgehead atoms. The van der Waals surface area contributed by atoms with Crippen molar-refractivity contribution in [2.75, 3.05) is 0 Å². The fourth-order valence-electron chi connectivity index (χ4n) is 1.14. The second-order valence-electron chi connectivity index (χ2n) is 2.60. The highest BCUT2D eigenvalue weighted by molar-refractivity contribution is 5.89. The minimum Gasteiger partial charge on any atom is -0.478 e. The predicted molar refractivity (Wildman–Crippen MR) is 53.3 cm³/mol. The van der Waals surface area contributed by atoms with E-state index < -0.39 is 5.97 Å². The molecule has 3 N–H and O–H groups in total. The molecule has 0 aliphatic rings. The molecule has 0 aliphatic heterocycles. The van der Waals surface area contributed by atoms with Crippen molar-refractivity contribution in [3.8, 4) is 0 Å². The topological polar surface area (TPSA) is 63.3 Å². The van der Waals surface area contributed by atoms with Crippen LogP contribution < -0.4 is 5.73 Å². The number of carboxylic acids is 1. The van der Waals surface area contributed by atoms with Crippen LogP contribution in [-0.4, -0.2) is 11.1 Å². The fraction of sp³-hybridized carbons (Fsp3) is 0.222. The summed E-state index contributed by atoms with van der Waals surface area (Å²) >= 11 is 0. The SMILES string of the molecule is Cc1c(CN)cccc1C(=O)O.Cl. The molecular formula is C9H12ClNO2. The van der Waals surface area contributed by atoms with Gasteiger partial charge in [-0.1, -0.05) is 12.1 Å². The summed E-state index contributed by atoms with van der Waals surface area (Å²) in [6, 6.07) is 5.12. The molecule has 1 rings (SSSR count). The van der Waals surface area contributed by atoms with Crippen molar-refractivity contribution in [3.63, 3.8) is 0 Å². The Hall–Kier alpha value is -1.06. The van der Waals surface area contributed by atoms with Crippen molar-refractivity contribution in [1.29, 1.82) is 0 Å². The lowest BCUT2D eigenvalue weighted by Crippen LogP contribution is -2.05. The van der Waals surface area contributed by atoms with Gasteiger partial charge in [-0.25, -0.2) is 4.79 Å². The quantitative estimate of drug-likeness (QED) is 0.764. The average Bonchev–Trinajstić information content (AvgIpc) is 2.04. The molecule has 0 aromatic heterocycles. The van der Waals surface area contributed by atoms with Gasteiger partial charge in [0.1, 0.15) is 0 Å². The zero-order valence-electron chi connectivity index (χ0n) is 7.28. The molecule has 0 aliphatic carbocycles. The minimum atomic E-state index is -0.900. The maximum absolute atomic E-state index is 10.6. The molecule has 4 heteroatoms. The van der Waals surface area contributed by atoms with E-state index in [0.29, 0.717) is 12.1 Å². The molecule has 0 saturated carbocycles.